The van der Waals surface area contributed by atoms with Gasteiger partial charge in [0.1, 0.15) is 6.61 Å². The number of hydrogen-bond acceptors (Lipinski definition) is 5. The highest BCUT2D eigenvalue weighted by molar-refractivity contribution is 5.77. The van der Waals surface area contributed by atoms with Gasteiger partial charge in [-0.05, 0) is 12.8 Å². The first-order chi connectivity index (χ1) is 11.5. The van der Waals surface area contributed by atoms with Crippen LogP contribution in [0.25, 0.3) is 0 Å². The second kappa shape index (κ2) is 25.6. The van der Waals surface area contributed by atoms with E-state index in [1.807, 2.05) is 0 Å². The molecule has 3 amide bonds. The molecule has 8 heteroatoms. The van der Waals surface area contributed by atoms with Gasteiger partial charge >= 0.3 is 0 Å². The summed E-state index contributed by atoms with van der Waals surface area (Å²) in [5.74, 6) is -0.157. The topological polar surface area (TPSA) is 117 Å². The number of carbonyl (C=O) groups excluding carboxylic acids is 3. The summed E-state index contributed by atoms with van der Waals surface area (Å²) in [4.78, 5) is 32.0. The molecule has 0 heterocycles. The predicted octanol–water partition coefficient (Wildman–Crippen LogP) is 1.22. The number of likely N-dealkylation sites (N-methyl/N-ethyl adjacent to an activating group) is 1. The third kappa shape index (κ3) is 27.2. The van der Waals surface area contributed by atoms with Crippen molar-refractivity contribution in [3.63, 3.8) is 0 Å². The van der Waals surface area contributed by atoms with Crippen molar-refractivity contribution >= 4 is 17.7 Å². The maximum absolute atomic E-state index is 10.7. The zero-order valence-corrected chi connectivity index (χ0v) is 15.2. The SMILES string of the molecule is C.C.CNC(=O)CCCCCCCO.CNC(=O)CCOCC(=O)NC. The lowest BCUT2D eigenvalue weighted by molar-refractivity contribution is -0.127. The van der Waals surface area contributed by atoms with Gasteiger partial charge < -0.3 is 25.8 Å². The minimum atomic E-state index is -0.188. The van der Waals surface area contributed by atoms with Crippen molar-refractivity contribution in [1.29, 1.82) is 0 Å². The molecular weight excluding hydrogens is 338 g/mol. The second-order valence-corrected chi connectivity index (χ2v) is 5.06. The van der Waals surface area contributed by atoms with E-state index in [4.69, 9.17) is 9.84 Å². The van der Waals surface area contributed by atoms with Gasteiger partial charge in [-0.15, -0.1) is 0 Å². The van der Waals surface area contributed by atoms with Crippen LogP contribution in [0, 0.1) is 0 Å². The van der Waals surface area contributed by atoms with Gasteiger partial charge in [0.2, 0.25) is 17.7 Å². The van der Waals surface area contributed by atoms with Crippen LogP contribution in [-0.2, 0) is 19.1 Å². The number of amides is 3. The molecule has 0 spiro atoms. The number of rotatable bonds is 12. The van der Waals surface area contributed by atoms with Crippen LogP contribution in [0.1, 0.15) is 59.8 Å². The Morgan fingerprint density at radius 3 is 1.69 bits per heavy atom. The quantitative estimate of drug-likeness (QED) is 0.380. The fourth-order valence-electron chi connectivity index (χ4n) is 1.58. The van der Waals surface area contributed by atoms with E-state index >= 15 is 0 Å². The molecule has 0 fully saturated rings. The number of carbonyl (C=O) groups is 3. The Bertz CT molecular complexity index is 321. The van der Waals surface area contributed by atoms with E-state index in [-0.39, 0.29) is 58.8 Å². The zero-order valence-electron chi connectivity index (χ0n) is 15.2. The highest BCUT2D eigenvalue weighted by atomic mass is 16.5. The van der Waals surface area contributed by atoms with E-state index in [1.165, 1.54) is 7.05 Å². The molecule has 0 aromatic carbocycles. The van der Waals surface area contributed by atoms with Gasteiger partial charge in [-0.25, -0.2) is 0 Å². The number of ether oxygens (including phenoxy) is 1. The van der Waals surface area contributed by atoms with Crippen LogP contribution >= 0.6 is 0 Å². The molecule has 0 rings (SSSR count). The van der Waals surface area contributed by atoms with E-state index in [1.54, 1.807) is 14.1 Å². The lowest BCUT2D eigenvalue weighted by Crippen LogP contribution is -2.25. The van der Waals surface area contributed by atoms with Gasteiger partial charge in [-0.3, -0.25) is 14.4 Å². The van der Waals surface area contributed by atoms with Gasteiger partial charge in [0.25, 0.3) is 0 Å². The molecule has 0 aromatic rings. The van der Waals surface area contributed by atoms with E-state index in [2.05, 4.69) is 16.0 Å². The van der Waals surface area contributed by atoms with Crippen LogP contribution in [0.15, 0.2) is 0 Å². The van der Waals surface area contributed by atoms with E-state index < -0.39 is 0 Å². The molecule has 0 aliphatic heterocycles. The van der Waals surface area contributed by atoms with E-state index in [9.17, 15) is 14.4 Å². The fraction of sp³-hybridized carbons (Fsp3) is 0.833. The number of hydrogen-bond donors (Lipinski definition) is 4. The molecule has 8 nitrogen and oxygen atoms in total. The molecule has 0 aliphatic rings. The molecule has 0 radical (unpaired) electrons. The summed E-state index contributed by atoms with van der Waals surface area (Å²) in [6, 6.07) is 0. The number of unbranched alkanes of at least 4 members (excludes halogenated alkanes) is 4. The van der Waals surface area contributed by atoms with Crippen molar-refractivity contribution in [2.24, 2.45) is 0 Å². The lowest BCUT2D eigenvalue weighted by Gasteiger charge is -2.01. The monoisotopic (exact) mass is 379 g/mol. The average Bonchev–Trinajstić information content (AvgIpc) is 2.61. The number of aliphatic hydroxyl groups excluding tert-OH is 1. The first-order valence-electron chi connectivity index (χ1n) is 8.32. The summed E-state index contributed by atoms with van der Waals surface area (Å²) < 4.78 is 4.89. The Kier molecular flexibility index (Phi) is 31.5. The van der Waals surface area contributed by atoms with Gasteiger partial charge in [-0.1, -0.05) is 34.1 Å². The summed E-state index contributed by atoms with van der Waals surface area (Å²) >= 11 is 0. The van der Waals surface area contributed by atoms with Crippen LogP contribution in [0.3, 0.4) is 0 Å². The minimum Gasteiger partial charge on any atom is -0.396 e. The zero-order chi connectivity index (χ0) is 18.6. The van der Waals surface area contributed by atoms with Gasteiger partial charge in [0, 0.05) is 40.6 Å². The van der Waals surface area contributed by atoms with E-state index in [0.717, 1.165) is 32.1 Å². The van der Waals surface area contributed by atoms with Gasteiger partial charge in [0.15, 0.2) is 0 Å². The Balaban J connectivity index is -0.000000173. The van der Waals surface area contributed by atoms with Crippen LogP contribution in [-0.4, -0.2) is 63.8 Å². The van der Waals surface area contributed by atoms with Crippen molar-refractivity contribution in [1.82, 2.24) is 16.0 Å². The van der Waals surface area contributed by atoms with Crippen molar-refractivity contribution in [3.05, 3.63) is 0 Å². The van der Waals surface area contributed by atoms with E-state index in [0.29, 0.717) is 6.42 Å². The third-order valence-corrected chi connectivity index (χ3v) is 3.11. The first-order valence-corrected chi connectivity index (χ1v) is 8.32. The predicted molar refractivity (Wildman–Crippen MR) is 106 cm³/mol. The molecule has 0 aliphatic carbocycles. The summed E-state index contributed by atoms with van der Waals surface area (Å²) in [6.07, 6.45) is 6.06. The molecule has 0 aromatic heterocycles. The lowest BCUT2D eigenvalue weighted by atomic mass is 10.1. The largest absolute Gasteiger partial charge is 0.396 e. The molecule has 0 unspecified atom stereocenters. The van der Waals surface area contributed by atoms with Gasteiger partial charge in [-0.2, -0.15) is 0 Å². The Morgan fingerprint density at radius 1 is 0.731 bits per heavy atom. The maximum Gasteiger partial charge on any atom is 0.245 e. The van der Waals surface area contributed by atoms with Gasteiger partial charge in [0.05, 0.1) is 6.61 Å². The Morgan fingerprint density at radius 2 is 1.19 bits per heavy atom. The molecule has 0 saturated carbocycles. The standard InChI is InChI=1S/C9H19NO2.C7H14N2O3.2CH4/c1-10-9(12)7-5-3-2-4-6-8-11;1-8-6(10)3-4-12-5-7(11)9-2;;/h11H,2-8H2,1H3,(H,10,12);3-5H2,1-2H3,(H,8,10)(H,9,11);2*1H4. The minimum absolute atomic E-state index is 0. The molecule has 0 bridgehead atoms. The summed E-state index contributed by atoms with van der Waals surface area (Å²) in [5.41, 5.74) is 0. The van der Waals surface area contributed by atoms with Crippen LogP contribution in [0.5, 0.6) is 0 Å². The molecule has 26 heavy (non-hydrogen) atoms. The normalized spacial score (nSPS) is 8.77. The molecule has 158 valence electrons. The van der Waals surface area contributed by atoms with Crippen molar-refractivity contribution in [2.45, 2.75) is 59.8 Å². The average molecular weight is 380 g/mol. The summed E-state index contributed by atoms with van der Waals surface area (Å²) in [6.45, 7) is 0.566. The first kappa shape index (κ1) is 32.0. The fourth-order valence-corrected chi connectivity index (χ4v) is 1.58. The highest BCUT2D eigenvalue weighted by Gasteiger charge is 2.00. The second-order valence-electron chi connectivity index (χ2n) is 5.06. The van der Waals surface area contributed by atoms with Crippen molar-refractivity contribution in [3.8, 4) is 0 Å². The number of nitrogens with one attached hydrogen (secondary N) is 3. The van der Waals surface area contributed by atoms with Crippen molar-refractivity contribution in [2.75, 3.05) is 41.0 Å². The van der Waals surface area contributed by atoms with Crippen molar-refractivity contribution < 1.29 is 24.2 Å². The highest BCUT2D eigenvalue weighted by Crippen LogP contribution is 2.04. The van der Waals surface area contributed by atoms with Crippen LogP contribution < -0.4 is 16.0 Å². The Hall–Kier alpha value is -1.67. The summed E-state index contributed by atoms with van der Waals surface area (Å²) in [7, 11) is 4.75. The molecule has 0 atom stereocenters. The third-order valence-electron chi connectivity index (χ3n) is 3.11. The maximum atomic E-state index is 10.7. The Labute approximate surface area is 159 Å². The smallest absolute Gasteiger partial charge is 0.245 e. The van der Waals surface area contributed by atoms with Crippen LogP contribution in [0.2, 0.25) is 0 Å². The molecule has 4 N–H and O–H groups in total. The molecular formula is C18H41N3O5. The van der Waals surface area contributed by atoms with Crippen LogP contribution in [0.4, 0.5) is 0 Å². The molecule has 0 saturated heterocycles. The summed E-state index contributed by atoms with van der Waals surface area (Å²) in [5, 5.41) is 15.9. The number of aliphatic hydroxyl groups is 1.